The summed E-state index contributed by atoms with van der Waals surface area (Å²) in [6.45, 7) is 5.37. The molecule has 0 atom stereocenters. The number of hydrogen-bond acceptors (Lipinski definition) is 3. The Morgan fingerprint density at radius 3 is 2.29 bits per heavy atom. The number of alkyl halides is 3. The highest BCUT2D eigenvalue weighted by Gasteiger charge is 2.34. The standard InChI is InChI=1S/C19H20F3N3O2S/c1-4-25-16-12-13(19(20,21)22)10-11-15(16)23-17(25)18(2,3)24-28(26,27)14-8-6-5-7-9-14/h5-12,24H,4H2,1-3H3. The van der Waals surface area contributed by atoms with E-state index in [0.717, 1.165) is 12.1 Å². The molecule has 0 spiro atoms. The van der Waals surface area contributed by atoms with Crippen molar-refractivity contribution in [1.82, 2.24) is 14.3 Å². The molecule has 0 saturated carbocycles. The van der Waals surface area contributed by atoms with Crippen molar-refractivity contribution in [2.75, 3.05) is 0 Å². The van der Waals surface area contributed by atoms with Gasteiger partial charge in [0.25, 0.3) is 0 Å². The number of imidazole rings is 1. The van der Waals surface area contributed by atoms with Crippen molar-refractivity contribution < 1.29 is 21.6 Å². The van der Waals surface area contributed by atoms with Gasteiger partial charge in [-0.05, 0) is 51.1 Å². The molecule has 0 aliphatic carbocycles. The molecule has 3 rings (SSSR count). The van der Waals surface area contributed by atoms with E-state index >= 15 is 0 Å². The lowest BCUT2D eigenvalue weighted by atomic mass is 10.1. The molecule has 2 aromatic carbocycles. The van der Waals surface area contributed by atoms with Crippen molar-refractivity contribution >= 4 is 21.1 Å². The number of rotatable bonds is 5. The highest BCUT2D eigenvalue weighted by atomic mass is 32.2. The lowest BCUT2D eigenvalue weighted by molar-refractivity contribution is -0.137. The van der Waals surface area contributed by atoms with Gasteiger partial charge in [0.15, 0.2) is 0 Å². The molecule has 1 aromatic heterocycles. The number of nitrogens with zero attached hydrogens (tertiary/aromatic N) is 2. The van der Waals surface area contributed by atoms with Crippen LogP contribution < -0.4 is 4.72 Å². The number of sulfonamides is 1. The molecule has 0 aliphatic heterocycles. The van der Waals surface area contributed by atoms with Crippen LogP contribution >= 0.6 is 0 Å². The van der Waals surface area contributed by atoms with Gasteiger partial charge in [-0.25, -0.2) is 13.4 Å². The molecule has 28 heavy (non-hydrogen) atoms. The molecular weight excluding hydrogens is 391 g/mol. The fraction of sp³-hybridized carbons (Fsp3) is 0.316. The summed E-state index contributed by atoms with van der Waals surface area (Å²) in [5, 5.41) is 0. The number of fused-ring (bicyclic) bond motifs is 1. The number of benzene rings is 2. The predicted octanol–water partition coefficient (Wildman–Crippen LogP) is 4.29. The number of halogens is 3. The Morgan fingerprint density at radius 1 is 1.07 bits per heavy atom. The Labute approximate surface area is 161 Å². The zero-order valence-corrected chi connectivity index (χ0v) is 16.4. The van der Waals surface area contributed by atoms with Crippen LogP contribution in [0, 0.1) is 0 Å². The topological polar surface area (TPSA) is 64.0 Å². The van der Waals surface area contributed by atoms with E-state index in [9.17, 15) is 21.6 Å². The molecule has 0 unspecified atom stereocenters. The summed E-state index contributed by atoms with van der Waals surface area (Å²) < 4.78 is 68.9. The summed E-state index contributed by atoms with van der Waals surface area (Å²) in [6, 6.07) is 11.2. The molecule has 0 fully saturated rings. The van der Waals surface area contributed by atoms with E-state index in [4.69, 9.17) is 0 Å². The minimum absolute atomic E-state index is 0.0987. The molecule has 3 aromatic rings. The highest BCUT2D eigenvalue weighted by Crippen LogP contribution is 2.33. The normalized spacial score (nSPS) is 13.2. The predicted molar refractivity (Wildman–Crippen MR) is 100 cm³/mol. The average Bonchev–Trinajstić information content (AvgIpc) is 2.99. The van der Waals surface area contributed by atoms with Crippen LogP contribution in [0.15, 0.2) is 53.4 Å². The summed E-state index contributed by atoms with van der Waals surface area (Å²) in [5.41, 5.74) is -1.25. The second-order valence-electron chi connectivity index (χ2n) is 6.92. The Bertz CT molecular complexity index is 1100. The van der Waals surface area contributed by atoms with E-state index in [1.807, 2.05) is 0 Å². The van der Waals surface area contributed by atoms with Crippen LogP contribution in [0.25, 0.3) is 11.0 Å². The third-order valence-corrected chi connectivity index (χ3v) is 6.07. The molecule has 150 valence electrons. The van der Waals surface area contributed by atoms with Crippen molar-refractivity contribution in [2.45, 2.75) is 43.9 Å². The van der Waals surface area contributed by atoms with Crippen LogP contribution in [-0.4, -0.2) is 18.0 Å². The van der Waals surface area contributed by atoms with Crippen molar-refractivity contribution in [3.05, 3.63) is 59.9 Å². The molecular formula is C19H20F3N3O2S. The maximum absolute atomic E-state index is 13.1. The lowest BCUT2D eigenvalue weighted by Crippen LogP contribution is -2.42. The average molecular weight is 411 g/mol. The monoisotopic (exact) mass is 411 g/mol. The van der Waals surface area contributed by atoms with Crippen LogP contribution in [-0.2, 0) is 28.3 Å². The molecule has 1 N–H and O–H groups in total. The molecule has 0 radical (unpaired) electrons. The Balaban J connectivity index is 2.09. The molecule has 5 nitrogen and oxygen atoms in total. The van der Waals surface area contributed by atoms with Crippen molar-refractivity contribution in [3.63, 3.8) is 0 Å². The van der Waals surface area contributed by atoms with E-state index in [0.29, 0.717) is 23.4 Å². The third kappa shape index (κ3) is 3.77. The minimum Gasteiger partial charge on any atom is -0.327 e. The zero-order valence-electron chi connectivity index (χ0n) is 15.6. The summed E-state index contributed by atoms with van der Waals surface area (Å²) >= 11 is 0. The van der Waals surface area contributed by atoms with Gasteiger partial charge in [0, 0.05) is 6.54 Å². The maximum Gasteiger partial charge on any atom is 0.416 e. The summed E-state index contributed by atoms with van der Waals surface area (Å²) in [7, 11) is -3.84. The first kappa shape index (κ1) is 20.3. The van der Waals surface area contributed by atoms with Gasteiger partial charge in [0.2, 0.25) is 10.0 Å². The number of hydrogen-bond donors (Lipinski definition) is 1. The third-order valence-electron chi connectivity index (χ3n) is 4.39. The maximum atomic E-state index is 13.1. The fourth-order valence-corrected chi connectivity index (χ4v) is 4.53. The van der Waals surface area contributed by atoms with Crippen molar-refractivity contribution in [1.29, 1.82) is 0 Å². The second-order valence-corrected chi connectivity index (χ2v) is 8.61. The fourth-order valence-electron chi connectivity index (χ4n) is 3.14. The van der Waals surface area contributed by atoms with Crippen LogP contribution in [0.2, 0.25) is 0 Å². The van der Waals surface area contributed by atoms with Gasteiger partial charge < -0.3 is 4.57 Å². The molecule has 0 bridgehead atoms. The first-order valence-electron chi connectivity index (χ1n) is 8.63. The van der Waals surface area contributed by atoms with Gasteiger partial charge in [0.05, 0.1) is 27.0 Å². The summed E-state index contributed by atoms with van der Waals surface area (Å²) in [4.78, 5) is 4.52. The van der Waals surface area contributed by atoms with Crippen molar-refractivity contribution in [3.8, 4) is 0 Å². The first-order chi connectivity index (χ1) is 13.0. The lowest BCUT2D eigenvalue weighted by Gasteiger charge is -2.26. The van der Waals surface area contributed by atoms with E-state index in [-0.39, 0.29) is 4.90 Å². The van der Waals surface area contributed by atoms with Crippen LogP contribution in [0.5, 0.6) is 0 Å². The van der Waals surface area contributed by atoms with Gasteiger partial charge in [-0.3, -0.25) is 0 Å². The molecule has 1 heterocycles. The smallest absolute Gasteiger partial charge is 0.327 e. The van der Waals surface area contributed by atoms with Gasteiger partial charge in [-0.15, -0.1) is 0 Å². The molecule has 0 saturated heterocycles. The summed E-state index contributed by atoms with van der Waals surface area (Å²) in [5.74, 6) is 0.337. The van der Waals surface area contributed by atoms with Crippen LogP contribution in [0.1, 0.15) is 32.2 Å². The Kier molecular flexibility index (Phi) is 5.01. The summed E-state index contributed by atoms with van der Waals surface area (Å²) in [6.07, 6.45) is -4.47. The van der Waals surface area contributed by atoms with Crippen LogP contribution in [0.3, 0.4) is 0 Å². The van der Waals surface area contributed by atoms with Gasteiger partial charge in [-0.1, -0.05) is 18.2 Å². The largest absolute Gasteiger partial charge is 0.416 e. The minimum atomic E-state index is -4.47. The van der Waals surface area contributed by atoms with E-state index in [1.54, 1.807) is 43.5 Å². The Morgan fingerprint density at radius 2 is 1.71 bits per heavy atom. The number of aryl methyl sites for hydroxylation is 1. The van der Waals surface area contributed by atoms with Gasteiger partial charge >= 0.3 is 6.18 Å². The number of aromatic nitrogens is 2. The van der Waals surface area contributed by atoms with E-state index in [1.165, 1.54) is 18.2 Å². The van der Waals surface area contributed by atoms with E-state index < -0.39 is 27.3 Å². The zero-order chi connectivity index (χ0) is 20.7. The Hall–Kier alpha value is -2.39. The second kappa shape index (κ2) is 6.89. The number of nitrogens with one attached hydrogen (secondary N) is 1. The SMILES string of the molecule is CCn1c(C(C)(C)NS(=O)(=O)c2ccccc2)nc2ccc(C(F)(F)F)cc21. The van der Waals surface area contributed by atoms with E-state index in [2.05, 4.69) is 9.71 Å². The highest BCUT2D eigenvalue weighted by molar-refractivity contribution is 7.89. The van der Waals surface area contributed by atoms with Gasteiger partial charge in [-0.2, -0.15) is 17.9 Å². The first-order valence-corrected chi connectivity index (χ1v) is 10.1. The van der Waals surface area contributed by atoms with Gasteiger partial charge in [0.1, 0.15) is 5.82 Å². The molecule has 9 heteroatoms. The van der Waals surface area contributed by atoms with Crippen molar-refractivity contribution in [2.24, 2.45) is 0 Å². The molecule has 0 amide bonds. The quantitative estimate of drug-likeness (QED) is 0.681. The molecule has 0 aliphatic rings. The van der Waals surface area contributed by atoms with Crippen LogP contribution in [0.4, 0.5) is 13.2 Å².